The van der Waals surface area contributed by atoms with E-state index in [1.807, 2.05) is 19.3 Å². The molecule has 0 bridgehead atoms. The monoisotopic (exact) mass is 254 g/mol. The Bertz CT molecular complexity index is 692. The van der Waals surface area contributed by atoms with Gasteiger partial charge in [-0.2, -0.15) is 0 Å². The van der Waals surface area contributed by atoms with Gasteiger partial charge >= 0.3 is 0 Å². The Hall–Kier alpha value is -2.03. The first-order valence-corrected chi connectivity index (χ1v) is 6.51. The van der Waals surface area contributed by atoms with Crippen LogP contribution in [-0.4, -0.2) is 18.2 Å². The first-order valence-electron chi connectivity index (χ1n) is 5.69. The minimum Gasteiger partial charge on any atom is -0.365 e. The number of nitrogens with zero attached hydrogens (tertiary/aromatic N) is 2. The summed E-state index contributed by atoms with van der Waals surface area (Å²) in [6, 6.07) is 6.31. The van der Waals surface area contributed by atoms with Crippen molar-refractivity contribution < 1.29 is 0 Å². The highest BCUT2D eigenvalue weighted by Crippen LogP contribution is 2.29. The number of rotatable bonds is 2. The molecule has 1 aromatic carbocycles. The SMILES string of the molecule is CNc1nc2ccc(C3=C(C)C=[C+]N=C3)cc2s1. The van der Waals surface area contributed by atoms with Gasteiger partial charge in [-0.05, 0) is 18.2 Å². The van der Waals surface area contributed by atoms with Gasteiger partial charge in [-0.25, -0.2) is 4.98 Å². The highest BCUT2D eigenvalue weighted by atomic mass is 32.1. The fourth-order valence-corrected chi connectivity index (χ4v) is 2.78. The second-order valence-corrected chi connectivity index (χ2v) is 5.11. The van der Waals surface area contributed by atoms with Crippen molar-refractivity contribution in [3.63, 3.8) is 0 Å². The van der Waals surface area contributed by atoms with Crippen molar-refractivity contribution in [1.82, 2.24) is 4.98 Å². The molecule has 0 fully saturated rings. The number of thiazole rings is 1. The third-order valence-corrected chi connectivity index (χ3v) is 3.92. The van der Waals surface area contributed by atoms with Gasteiger partial charge in [0, 0.05) is 19.5 Å². The lowest BCUT2D eigenvalue weighted by Crippen LogP contribution is -1.92. The van der Waals surface area contributed by atoms with Crippen molar-refractivity contribution in [1.29, 1.82) is 0 Å². The van der Waals surface area contributed by atoms with Crippen molar-refractivity contribution >= 4 is 38.5 Å². The molecule has 2 aromatic rings. The summed E-state index contributed by atoms with van der Waals surface area (Å²) in [4.78, 5) is 8.55. The Labute approximate surface area is 110 Å². The van der Waals surface area contributed by atoms with Gasteiger partial charge in [-0.3, -0.25) is 0 Å². The van der Waals surface area contributed by atoms with E-state index < -0.39 is 0 Å². The number of benzene rings is 1. The molecular formula is C14H12N3S+. The maximum Gasteiger partial charge on any atom is 0.183 e. The van der Waals surface area contributed by atoms with Crippen LogP contribution in [0.4, 0.5) is 5.13 Å². The molecule has 0 saturated heterocycles. The van der Waals surface area contributed by atoms with Crippen LogP contribution in [0.2, 0.25) is 0 Å². The molecule has 3 nitrogen and oxygen atoms in total. The number of hydrogen-bond acceptors (Lipinski definition) is 4. The average Bonchev–Trinajstić information content (AvgIpc) is 2.81. The van der Waals surface area contributed by atoms with E-state index >= 15 is 0 Å². The molecule has 1 N–H and O–H groups in total. The molecule has 1 aromatic heterocycles. The van der Waals surface area contributed by atoms with Crippen LogP contribution in [0.5, 0.6) is 0 Å². The molecule has 18 heavy (non-hydrogen) atoms. The molecule has 0 unspecified atom stereocenters. The molecule has 4 heteroatoms. The van der Waals surface area contributed by atoms with Gasteiger partial charge in [0.2, 0.25) is 0 Å². The Morgan fingerprint density at radius 2 is 2.22 bits per heavy atom. The number of aliphatic imine (C=N–C) groups is 1. The lowest BCUT2D eigenvalue weighted by molar-refractivity contribution is 1.40. The molecule has 1 aliphatic heterocycles. The topological polar surface area (TPSA) is 37.3 Å². The smallest absolute Gasteiger partial charge is 0.183 e. The zero-order chi connectivity index (χ0) is 12.5. The number of fused-ring (bicyclic) bond motifs is 1. The van der Waals surface area contributed by atoms with Gasteiger partial charge in [-0.1, -0.05) is 16.3 Å². The van der Waals surface area contributed by atoms with Gasteiger partial charge in [0.15, 0.2) is 17.5 Å². The highest BCUT2D eigenvalue weighted by molar-refractivity contribution is 7.22. The fourth-order valence-electron chi connectivity index (χ4n) is 1.92. The van der Waals surface area contributed by atoms with Crippen molar-refractivity contribution in [2.24, 2.45) is 4.99 Å². The molecule has 1 aliphatic rings. The second kappa shape index (κ2) is 4.33. The maximum absolute atomic E-state index is 4.47. The van der Waals surface area contributed by atoms with Crippen LogP contribution < -0.4 is 5.32 Å². The number of nitrogens with one attached hydrogen (secondary N) is 1. The molecule has 0 aliphatic carbocycles. The van der Waals surface area contributed by atoms with Gasteiger partial charge in [-0.15, -0.1) is 0 Å². The van der Waals surface area contributed by atoms with Crippen LogP contribution in [0.25, 0.3) is 15.8 Å². The third kappa shape index (κ3) is 1.82. The summed E-state index contributed by atoms with van der Waals surface area (Å²) in [7, 11) is 1.89. The van der Waals surface area contributed by atoms with Crippen LogP contribution in [0.1, 0.15) is 12.5 Å². The van der Waals surface area contributed by atoms with E-state index in [2.05, 4.69) is 46.6 Å². The molecule has 0 saturated carbocycles. The van der Waals surface area contributed by atoms with Crippen molar-refractivity contribution in [3.05, 3.63) is 41.6 Å². The molecular weight excluding hydrogens is 242 g/mol. The van der Waals surface area contributed by atoms with Crippen LogP contribution in [0.3, 0.4) is 0 Å². The van der Waals surface area contributed by atoms with E-state index in [1.54, 1.807) is 11.3 Å². The summed E-state index contributed by atoms with van der Waals surface area (Å²) >= 11 is 1.66. The molecule has 0 atom stereocenters. The summed E-state index contributed by atoms with van der Waals surface area (Å²) in [5.41, 5.74) is 4.53. The van der Waals surface area contributed by atoms with Crippen molar-refractivity contribution in [2.75, 3.05) is 12.4 Å². The predicted octanol–water partition coefficient (Wildman–Crippen LogP) is 3.51. The molecule has 0 spiro atoms. The van der Waals surface area contributed by atoms with E-state index in [-0.39, 0.29) is 0 Å². The lowest BCUT2D eigenvalue weighted by atomic mass is 10.0. The third-order valence-electron chi connectivity index (χ3n) is 2.89. The van der Waals surface area contributed by atoms with Crippen LogP contribution in [0.15, 0.2) is 34.8 Å². The number of anilines is 1. The van der Waals surface area contributed by atoms with Crippen LogP contribution in [0, 0.1) is 6.20 Å². The summed E-state index contributed by atoms with van der Waals surface area (Å²) in [6.07, 6.45) is 6.62. The summed E-state index contributed by atoms with van der Waals surface area (Å²) in [6.45, 7) is 2.07. The van der Waals surface area contributed by atoms with E-state index in [4.69, 9.17) is 0 Å². The van der Waals surface area contributed by atoms with E-state index in [0.29, 0.717) is 0 Å². The maximum atomic E-state index is 4.47. The molecule has 88 valence electrons. The molecule has 0 radical (unpaired) electrons. The normalized spacial score (nSPS) is 14.1. The Balaban J connectivity index is 2.13. The molecule has 0 amide bonds. The minimum atomic E-state index is 0.943. The first kappa shape index (κ1) is 11.1. The van der Waals surface area contributed by atoms with Gasteiger partial charge in [0.1, 0.15) is 11.6 Å². The lowest BCUT2D eigenvalue weighted by Gasteiger charge is -2.00. The Morgan fingerprint density at radius 3 is 3.00 bits per heavy atom. The van der Waals surface area contributed by atoms with Gasteiger partial charge < -0.3 is 5.32 Å². The van der Waals surface area contributed by atoms with Crippen molar-refractivity contribution in [2.45, 2.75) is 6.92 Å². The number of aromatic nitrogens is 1. The first-order chi connectivity index (χ1) is 8.78. The largest absolute Gasteiger partial charge is 0.365 e. The predicted molar refractivity (Wildman–Crippen MR) is 78.1 cm³/mol. The van der Waals surface area contributed by atoms with Crippen molar-refractivity contribution in [3.8, 4) is 0 Å². The van der Waals surface area contributed by atoms with E-state index in [0.717, 1.165) is 16.2 Å². The van der Waals surface area contributed by atoms with E-state index in [9.17, 15) is 0 Å². The number of hydrogen-bond donors (Lipinski definition) is 1. The quantitative estimate of drug-likeness (QED) is 0.833. The zero-order valence-corrected chi connectivity index (χ0v) is 11.0. The Morgan fingerprint density at radius 1 is 1.33 bits per heavy atom. The molecule has 2 heterocycles. The highest BCUT2D eigenvalue weighted by Gasteiger charge is 2.14. The standard InChI is InChI=1S/C14H12N3S/c1-9-5-6-16-8-11(9)10-3-4-12-13(7-10)18-14(15-2)17-12/h3-5,7-8H,1-2H3,(H,15,17)/q+1. The number of allylic oxidation sites excluding steroid dienone is 3. The van der Waals surface area contributed by atoms with Gasteiger partial charge in [0.25, 0.3) is 0 Å². The second-order valence-electron chi connectivity index (χ2n) is 4.08. The minimum absolute atomic E-state index is 0.943. The summed E-state index contributed by atoms with van der Waals surface area (Å²) in [5, 5.41) is 4.02. The van der Waals surface area contributed by atoms with Gasteiger partial charge in [0.05, 0.1) is 15.8 Å². The molecule has 3 rings (SSSR count). The van der Waals surface area contributed by atoms with Crippen LogP contribution in [-0.2, 0) is 0 Å². The fraction of sp³-hybridized carbons (Fsp3) is 0.143. The average molecular weight is 254 g/mol. The Kier molecular flexibility index (Phi) is 2.67. The summed E-state index contributed by atoms with van der Waals surface area (Å²) < 4.78 is 1.18. The zero-order valence-electron chi connectivity index (χ0n) is 10.2. The van der Waals surface area contributed by atoms with E-state index in [1.165, 1.54) is 15.8 Å². The van der Waals surface area contributed by atoms with Crippen LogP contribution >= 0.6 is 11.3 Å². The summed E-state index contributed by atoms with van der Waals surface area (Å²) in [5.74, 6) is 0.